The number of hydrogen-bond acceptors (Lipinski definition) is 3. The van der Waals surface area contributed by atoms with Gasteiger partial charge in [0.05, 0.1) is 12.7 Å². The molecule has 3 nitrogen and oxygen atoms in total. The normalized spacial score (nSPS) is 23.2. The average Bonchev–Trinajstić information content (AvgIpc) is 3.16. The molecule has 2 aliphatic rings. The lowest BCUT2D eigenvalue weighted by atomic mass is 9.87. The van der Waals surface area contributed by atoms with E-state index in [9.17, 15) is 13.2 Å². The summed E-state index contributed by atoms with van der Waals surface area (Å²) >= 11 is 0. The molecule has 0 aliphatic carbocycles. The second kappa shape index (κ2) is 9.61. The Labute approximate surface area is 182 Å². The Morgan fingerprint density at radius 2 is 1.71 bits per heavy atom. The lowest BCUT2D eigenvalue weighted by Gasteiger charge is -2.31. The van der Waals surface area contributed by atoms with E-state index < -0.39 is 11.7 Å². The molecule has 2 aromatic rings. The van der Waals surface area contributed by atoms with Crippen LogP contribution in [0.15, 0.2) is 48.5 Å². The Kier molecular flexibility index (Phi) is 6.87. The number of hydrogen-bond donors (Lipinski definition) is 0. The van der Waals surface area contributed by atoms with Crippen LogP contribution >= 0.6 is 0 Å². The summed E-state index contributed by atoms with van der Waals surface area (Å²) in [6.07, 6.45) is -0.597. The van der Waals surface area contributed by atoms with Crippen molar-refractivity contribution in [3.8, 4) is 5.75 Å². The number of halogens is 3. The SMILES string of the molecule is COc1cccc(CN2CC(CN3CCCCC3)C(c3cccc(C(F)(F)F)c3)C2)c1. The summed E-state index contributed by atoms with van der Waals surface area (Å²) in [6.45, 7) is 5.60. The van der Waals surface area contributed by atoms with Crippen LogP contribution in [0.4, 0.5) is 13.2 Å². The molecule has 0 spiro atoms. The second-order valence-electron chi connectivity index (χ2n) is 8.90. The van der Waals surface area contributed by atoms with Gasteiger partial charge in [-0.2, -0.15) is 13.2 Å². The molecule has 6 heteroatoms. The van der Waals surface area contributed by atoms with Gasteiger partial charge in [-0.1, -0.05) is 36.8 Å². The Morgan fingerprint density at radius 1 is 0.935 bits per heavy atom. The molecule has 2 aromatic carbocycles. The van der Waals surface area contributed by atoms with Crippen molar-refractivity contribution in [2.45, 2.75) is 37.9 Å². The van der Waals surface area contributed by atoms with Crippen molar-refractivity contribution in [2.75, 3.05) is 39.8 Å². The summed E-state index contributed by atoms with van der Waals surface area (Å²) in [5, 5.41) is 0. The van der Waals surface area contributed by atoms with Crippen molar-refractivity contribution in [1.82, 2.24) is 9.80 Å². The van der Waals surface area contributed by atoms with Gasteiger partial charge in [0, 0.05) is 32.1 Å². The molecule has 0 bridgehead atoms. The number of nitrogens with zero attached hydrogens (tertiary/aromatic N) is 2. The van der Waals surface area contributed by atoms with Gasteiger partial charge in [0.15, 0.2) is 0 Å². The maximum absolute atomic E-state index is 13.3. The number of alkyl halides is 3. The zero-order chi connectivity index (χ0) is 21.8. The van der Waals surface area contributed by atoms with Crippen LogP contribution in [0.1, 0.15) is 41.9 Å². The lowest BCUT2D eigenvalue weighted by molar-refractivity contribution is -0.137. The molecule has 2 heterocycles. The number of piperidine rings is 1. The molecule has 0 saturated carbocycles. The summed E-state index contributed by atoms with van der Waals surface area (Å²) in [4.78, 5) is 4.89. The molecule has 0 aromatic heterocycles. The van der Waals surface area contributed by atoms with Crippen molar-refractivity contribution in [1.29, 1.82) is 0 Å². The van der Waals surface area contributed by atoms with Crippen LogP contribution in [0.2, 0.25) is 0 Å². The van der Waals surface area contributed by atoms with E-state index in [4.69, 9.17) is 4.74 Å². The monoisotopic (exact) mass is 432 g/mol. The minimum atomic E-state index is -4.31. The molecule has 168 valence electrons. The Balaban J connectivity index is 1.54. The maximum atomic E-state index is 13.3. The standard InChI is InChI=1S/C25H31F3N2O/c1-31-23-10-5-7-19(13-23)15-30-17-21(16-29-11-3-2-4-12-29)24(18-30)20-8-6-9-22(14-20)25(26,27)28/h5-10,13-14,21,24H,2-4,11-12,15-18H2,1H3. The highest BCUT2D eigenvalue weighted by atomic mass is 19.4. The van der Waals surface area contributed by atoms with E-state index in [0.717, 1.165) is 50.6 Å². The van der Waals surface area contributed by atoms with Crippen LogP contribution in [0.5, 0.6) is 5.75 Å². The molecule has 2 atom stereocenters. The van der Waals surface area contributed by atoms with E-state index >= 15 is 0 Å². The smallest absolute Gasteiger partial charge is 0.416 e. The molecule has 0 amide bonds. The summed E-state index contributed by atoms with van der Waals surface area (Å²) in [5.41, 5.74) is 1.43. The van der Waals surface area contributed by atoms with E-state index in [-0.39, 0.29) is 5.92 Å². The first-order valence-corrected chi connectivity index (χ1v) is 11.2. The van der Waals surface area contributed by atoms with Crippen molar-refractivity contribution in [3.63, 3.8) is 0 Å². The van der Waals surface area contributed by atoms with E-state index in [2.05, 4.69) is 15.9 Å². The van der Waals surface area contributed by atoms with E-state index in [0.29, 0.717) is 5.92 Å². The lowest BCUT2D eigenvalue weighted by Crippen LogP contribution is -2.36. The van der Waals surface area contributed by atoms with Gasteiger partial charge in [0.2, 0.25) is 0 Å². The summed E-state index contributed by atoms with van der Waals surface area (Å²) in [7, 11) is 1.66. The quantitative estimate of drug-likeness (QED) is 0.607. The van der Waals surface area contributed by atoms with Crippen LogP contribution < -0.4 is 4.74 Å². The zero-order valence-electron chi connectivity index (χ0n) is 18.1. The van der Waals surface area contributed by atoms with Gasteiger partial charge in [-0.3, -0.25) is 4.90 Å². The van der Waals surface area contributed by atoms with E-state index in [1.807, 2.05) is 24.3 Å². The minimum Gasteiger partial charge on any atom is -0.497 e. The molecule has 0 N–H and O–H groups in total. The molecule has 2 unspecified atom stereocenters. The molecular weight excluding hydrogens is 401 g/mol. The molecule has 2 aliphatic heterocycles. The Bertz CT molecular complexity index is 864. The predicted octanol–water partition coefficient (Wildman–Crippen LogP) is 5.42. The first kappa shape index (κ1) is 22.2. The predicted molar refractivity (Wildman–Crippen MR) is 116 cm³/mol. The van der Waals surface area contributed by atoms with Gasteiger partial charge in [0.1, 0.15) is 5.75 Å². The van der Waals surface area contributed by atoms with Crippen molar-refractivity contribution >= 4 is 0 Å². The second-order valence-corrected chi connectivity index (χ2v) is 8.90. The number of likely N-dealkylation sites (tertiary alicyclic amines) is 2. The number of benzene rings is 2. The molecular formula is C25H31F3N2O. The fourth-order valence-electron chi connectivity index (χ4n) is 5.10. The molecule has 4 rings (SSSR count). The van der Waals surface area contributed by atoms with Gasteiger partial charge in [0.25, 0.3) is 0 Å². The maximum Gasteiger partial charge on any atom is 0.416 e. The van der Waals surface area contributed by atoms with Crippen LogP contribution in [0, 0.1) is 5.92 Å². The van der Waals surface area contributed by atoms with Crippen LogP contribution in [-0.4, -0.2) is 49.6 Å². The first-order chi connectivity index (χ1) is 14.9. The highest BCUT2D eigenvalue weighted by Gasteiger charge is 2.37. The van der Waals surface area contributed by atoms with Crippen LogP contribution in [0.3, 0.4) is 0 Å². The Hall–Kier alpha value is -2.05. The zero-order valence-corrected chi connectivity index (χ0v) is 18.1. The van der Waals surface area contributed by atoms with E-state index in [1.165, 1.54) is 37.0 Å². The molecule has 2 saturated heterocycles. The summed E-state index contributed by atoms with van der Waals surface area (Å²) in [6, 6.07) is 14.0. The first-order valence-electron chi connectivity index (χ1n) is 11.2. The largest absolute Gasteiger partial charge is 0.497 e. The third-order valence-electron chi connectivity index (χ3n) is 6.64. The summed E-state index contributed by atoms with van der Waals surface area (Å²) in [5.74, 6) is 1.26. The topological polar surface area (TPSA) is 15.7 Å². The van der Waals surface area contributed by atoms with Gasteiger partial charge >= 0.3 is 6.18 Å². The third-order valence-corrected chi connectivity index (χ3v) is 6.64. The van der Waals surface area contributed by atoms with Crippen LogP contribution in [-0.2, 0) is 12.7 Å². The van der Waals surface area contributed by atoms with Crippen molar-refractivity contribution < 1.29 is 17.9 Å². The fourth-order valence-corrected chi connectivity index (χ4v) is 5.10. The number of ether oxygens (including phenoxy) is 1. The van der Waals surface area contributed by atoms with E-state index in [1.54, 1.807) is 13.2 Å². The molecule has 0 radical (unpaired) electrons. The minimum absolute atomic E-state index is 0.106. The Morgan fingerprint density at radius 3 is 2.45 bits per heavy atom. The van der Waals surface area contributed by atoms with Crippen molar-refractivity contribution in [3.05, 3.63) is 65.2 Å². The van der Waals surface area contributed by atoms with Gasteiger partial charge in [-0.25, -0.2) is 0 Å². The molecule has 2 fully saturated rings. The molecule has 31 heavy (non-hydrogen) atoms. The highest BCUT2D eigenvalue weighted by Crippen LogP contribution is 2.37. The number of methoxy groups -OCH3 is 1. The van der Waals surface area contributed by atoms with Gasteiger partial charge in [-0.05, 0) is 61.2 Å². The average molecular weight is 433 g/mol. The van der Waals surface area contributed by atoms with Gasteiger partial charge < -0.3 is 9.64 Å². The van der Waals surface area contributed by atoms with Crippen LogP contribution in [0.25, 0.3) is 0 Å². The highest BCUT2D eigenvalue weighted by molar-refractivity contribution is 5.31. The number of rotatable bonds is 6. The van der Waals surface area contributed by atoms with Gasteiger partial charge in [-0.15, -0.1) is 0 Å². The third kappa shape index (κ3) is 5.60. The fraction of sp³-hybridized carbons (Fsp3) is 0.520. The summed E-state index contributed by atoms with van der Waals surface area (Å²) < 4.78 is 45.3. The van der Waals surface area contributed by atoms with Crippen molar-refractivity contribution in [2.24, 2.45) is 5.92 Å².